The number of carbonyl (C=O) groups is 1. The van der Waals surface area contributed by atoms with Crippen LogP contribution in [0, 0.1) is 12.8 Å². The van der Waals surface area contributed by atoms with E-state index in [1.807, 2.05) is 25.1 Å². The Labute approximate surface area is 128 Å². The second-order valence-electron chi connectivity index (χ2n) is 5.43. The summed E-state index contributed by atoms with van der Waals surface area (Å²) in [6, 6.07) is 5.56. The largest absolute Gasteiger partial charge is 0.462 e. The van der Waals surface area contributed by atoms with Crippen LogP contribution in [-0.2, 0) is 4.74 Å². The number of carbonyl (C=O) groups excluding carboxylic acids is 1. The minimum absolute atomic E-state index is 0.234. The molecule has 1 rings (SSSR count). The van der Waals surface area contributed by atoms with Crippen LogP contribution in [0.5, 0.6) is 0 Å². The van der Waals surface area contributed by atoms with Gasteiger partial charge in [0, 0.05) is 0 Å². The molecule has 2 heteroatoms. The van der Waals surface area contributed by atoms with Gasteiger partial charge in [-0.05, 0) is 48.6 Å². The van der Waals surface area contributed by atoms with Gasteiger partial charge in [0.15, 0.2) is 0 Å². The maximum Gasteiger partial charge on any atom is 0.338 e. The Kier molecular flexibility index (Phi) is 7.56. The summed E-state index contributed by atoms with van der Waals surface area (Å²) in [5.41, 5.74) is 5.41. The van der Waals surface area contributed by atoms with Crippen LogP contribution in [-0.4, -0.2) is 12.6 Å². The van der Waals surface area contributed by atoms with Crippen molar-refractivity contribution in [1.82, 2.24) is 0 Å². The van der Waals surface area contributed by atoms with E-state index in [0.717, 1.165) is 24.0 Å². The highest BCUT2D eigenvalue weighted by atomic mass is 16.5. The van der Waals surface area contributed by atoms with Crippen molar-refractivity contribution in [3.8, 4) is 0 Å². The number of unbranched alkanes of at least 4 members (excludes halogenated alkanes) is 1. The van der Waals surface area contributed by atoms with E-state index in [-0.39, 0.29) is 5.97 Å². The van der Waals surface area contributed by atoms with Gasteiger partial charge in [-0.25, -0.2) is 4.79 Å². The van der Waals surface area contributed by atoms with E-state index in [1.165, 1.54) is 12.8 Å². The Bertz CT molecular complexity index is 510. The van der Waals surface area contributed by atoms with E-state index in [9.17, 15) is 4.79 Å². The second kappa shape index (κ2) is 9.20. The van der Waals surface area contributed by atoms with Gasteiger partial charge in [0.25, 0.3) is 0 Å². The summed E-state index contributed by atoms with van der Waals surface area (Å²) in [6.45, 7) is 10.4. The molecule has 0 fully saturated rings. The number of hydrogen-bond donors (Lipinski definition) is 0. The number of esters is 1. The number of aryl methyl sites for hydroxylation is 1. The normalized spacial score (nSPS) is 11.6. The molecule has 2 nitrogen and oxygen atoms in total. The van der Waals surface area contributed by atoms with E-state index in [1.54, 1.807) is 6.07 Å². The van der Waals surface area contributed by atoms with Crippen molar-refractivity contribution in [1.29, 1.82) is 0 Å². The summed E-state index contributed by atoms with van der Waals surface area (Å²) in [5, 5.41) is 0. The third-order valence-corrected chi connectivity index (χ3v) is 3.76. The Morgan fingerprint density at radius 1 is 1.43 bits per heavy atom. The average molecular weight is 286 g/mol. The van der Waals surface area contributed by atoms with Crippen LogP contribution in [0.4, 0.5) is 0 Å². The highest BCUT2D eigenvalue weighted by molar-refractivity contribution is 5.90. The van der Waals surface area contributed by atoms with Crippen molar-refractivity contribution < 1.29 is 9.53 Å². The summed E-state index contributed by atoms with van der Waals surface area (Å²) in [7, 11) is 0. The molecule has 21 heavy (non-hydrogen) atoms. The fourth-order valence-corrected chi connectivity index (χ4v) is 2.25. The summed E-state index contributed by atoms with van der Waals surface area (Å²) < 4.78 is 5.46. The lowest BCUT2D eigenvalue weighted by Gasteiger charge is -2.14. The zero-order valence-electron chi connectivity index (χ0n) is 13.4. The van der Waals surface area contributed by atoms with Gasteiger partial charge in [-0.1, -0.05) is 45.8 Å². The predicted molar refractivity (Wildman–Crippen MR) is 88.4 cm³/mol. The monoisotopic (exact) mass is 286 g/mol. The maximum absolute atomic E-state index is 12.1. The van der Waals surface area contributed by atoms with Crippen LogP contribution < -0.4 is 0 Å². The molecule has 1 aromatic carbocycles. The average Bonchev–Trinajstić information content (AvgIpc) is 2.49. The Morgan fingerprint density at radius 2 is 2.19 bits per heavy atom. The van der Waals surface area contributed by atoms with Crippen LogP contribution in [0.3, 0.4) is 0 Å². The topological polar surface area (TPSA) is 26.3 Å². The molecule has 0 aliphatic heterocycles. The van der Waals surface area contributed by atoms with Crippen LogP contribution in [0.2, 0.25) is 0 Å². The zero-order valence-corrected chi connectivity index (χ0v) is 13.4. The molecule has 1 aromatic rings. The lowest BCUT2D eigenvalue weighted by atomic mass is 10.0. The van der Waals surface area contributed by atoms with Gasteiger partial charge in [0.2, 0.25) is 0 Å². The first-order valence-corrected chi connectivity index (χ1v) is 7.75. The fraction of sp³-hybridized carbons (Fsp3) is 0.474. The Hall–Kier alpha value is -1.79. The fourth-order valence-electron chi connectivity index (χ4n) is 2.25. The van der Waals surface area contributed by atoms with Gasteiger partial charge in [-0.2, -0.15) is 0 Å². The molecule has 0 heterocycles. The molecule has 0 bridgehead atoms. The first kappa shape index (κ1) is 17.3. The van der Waals surface area contributed by atoms with Crippen molar-refractivity contribution in [2.45, 2.75) is 46.5 Å². The van der Waals surface area contributed by atoms with Crippen LogP contribution in [0.25, 0.3) is 6.08 Å². The van der Waals surface area contributed by atoms with Crippen molar-refractivity contribution in [2.24, 2.45) is 5.92 Å². The molecular weight excluding hydrogens is 260 g/mol. The van der Waals surface area contributed by atoms with Gasteiger partial charge in [0.05, 0.1) is 12.2 Å². The third kappa shape index (κ3) is 5.61. The van der Waals surface area contributed by atoms with Crippen LogP contribution in [0.1, 0.15) is 61.0 Å². The Balaban J connectivity index is 2.63. The number of benzene rings is 1. The van der Waals surface area contributed by atoms with Gasteiger partial charge >= 0.3 is 5.97 Å². The predicted octanol–water partition coefficient (Wildman–Crippen LogP) is 5.17. The summed E-state index contributed by atoms with van der Waals surface area (Å²) in [5.74, 6) is 0.236. The maximum atomic E-state index is 12.1. The zero-order chi connectivity index (χ0) is 15.7. The Morgan fingerprint density at radius 3 is 2.76 bits per heavy atom. The molecular formula is C19H26O2. The van der Waals surface area contributed by atoms with Crippen molar-refractivity contribution in [3.05, 3.63) is 47.2 Å². The summed E-state index contributed by atoms with van der Waals surface area (Å²) in [6.07, 6.45) is 6.36. The summed E-state index contributed by atoms with van der Waals surface area (Å²) in [4.78, 5) is 12.1. The van der Waals surface area contributed by atoms with Gasteiger partial charge in [-0.15, -0.1) is 5.73 Å². The minimum Gasteiger partial charge on any atom is -0.462 e. The molecule has 0 N–H and O–H groups in total. The molecule has 1 unspecified atom stereocenters. The lowest BCUT2D eigenvalue weighted by molar-refractivity contribution is 0.0428. The quantitative estimate of drug-likeness (QED) is 0.487. The molecule has 0 aliphatic rings. The first-order chi connectivity index (χ1) is 10.1. The molecule has 0 aromatic heterocycles. The van der Waals surface area contributed by atoms with E-state index >= 15 is 0 Å². The van der Waals surface area contributed by atoms with Gasteiger partial charge in [0.1, 0.15) is 0 Å². The van der Waals surface area contributed by atoms with Crippen molar-refractivity contribution in [3.63, 3.8) is 0 Å². The molecule has 114 valence electrons. The molecule has 0 radical (unpaired) electrons. The number of hydrogen-bond acceptors (Lipinski definition) is 2. The molecule has 0 amide bonds. The molecule has 0 saturated carbocycles. The van der Waals surface area contributed by atoms with E-state index in [4.69, 9.17) is 4.74 Å². The smallest absolute Gasteiger partial charge is 0.338 e. The lowest BCUT2D eigenvalue weighted by Crippen LogP contribution is -2.14. The van der Waals surface area contributed by atoms with Gasteiger partial charge in [-0.3, -0.25) is 0 Å². The SMILES string of the molecule is C=C=Cc1ccc(C(=O)OCC(CC)CCCC)cc1C. The second-order valence-corrected chi connectivity index (χ2v) is 5.43. The minimum atomic E-state index is -0.234. The molecule has 0 spiro atoms. The molecule has 0 saturated heterocycles. The molecule has 0 aliphatic carbocycles. The first-order valence-electron chi connectivity index (χ1n) is 7.75. The van der Waals surface area contributed by atoms with E-state index in [2.05, 4.69) is 26.2 Å². The highest BCUT2D eigenvalue weighted by Gasteiger charge is 2.12. The van der Waals surface area contributed by atoms with Crippen molar-refractivity contribution in [2.75, 3.05) is 6.61 Å². The standard InChI is InChI=1S/C19H26O2/c1-5-8-10-16(7-3)14-21-19(20)18-12-11-17(9-6-2)15(4)13-18/h9,11-13,16H,2,5,7-8,10,14H2,1,3-4H3. The van der Waals surface area contributed by atoms with E-state index in [0.29, 0.717) is 18.1 Å². The van der Waals surface area contributed by atoms with Crippen molar-refractivity contribution >= 4 is 12.0 Å². The van der Waals surface area contributed by atoms with Crippen LogP contribution >= 0.6 is 0 Å². The van der Waals surface area contributed by atoms with E-state index < -0.39 is 0 Å². The molecule has 1 atom stereocenters. The summed E-state index contributed by atoms with van der Waals surface area (Å²) >= 11 is 0. The highest BCUT2D eigenvalue weighted by Crippen LogP contribution is 2.16. The van der Waals surface area contributed by atoms with Crippen LogP contribution in [0.15, 0.2) is 30.5 Å². The van der Waals surface area contributed by atoms with Gasteiger partial charge < -0.3 is 4.74 Å². The number of ether oxygens (including phenoxy) is 1. The third-order valence-electron chi connectivity index (χ3n) is 3.76. The number of rotatable bonds is 8.